The van der Waals surface area contributed by atoms with Gasteiger partial charge < -0.3 is 38.1 Å². The molecule has 4 aromatic carbocycles. The molecule has 0 spiro atoms. The largest absolute Gasteiger partial charge is 0.370 e. The van der Waals surface area contributed by atoms with Gasteiger partial charge in [-0.05, 0) is 53.3 Å². The van der Waals surface area contributed by atoms with Crippen molar-refractivity contribution in [2.75, 3.05) is 13.1 Å². The van der Waals surface area contributed by atoms with Crippen LogP contribution in [0, 0.1) is 11.8 Å². The standard InChI is InChI=1S/C45H51N9O6/c46-41(57)39(22-30-17-18-31-12-7-8-15-33(31)20-30)54-43(59)34(16-9-19-50-45(47)48)25-40(56)38(21-29-10-3-1-4-11-29)53-44(60)35(23-36-26-49-28-52-36)24-37(55)27-51-42(58)32-13-5-2-6-14-32/h1-8,10-15,17-18,20,26,28,34-35,38-39H,9,16,19,21-25,27H2,(H2,46,57)(H,49,52)(H,51,58)(H,53,60)(H,54,59)(H4,47,48,50)/t34-,35-,38-,39+/m1/s1. The summed E-state index contributed by atoms with van der Waals surface area (Å²) in [7, 11) is 0. The molecule has 0 bridgehead atoms. The summed E-state index contributed by atoms with van der Waals surface area (Å²) < 4.78 is 0. The van der Waals surface area contributed by atoms with Crippen molar-refractivity contribution in [3.63, 3.8) is 0 Å². The first-order valence-electron chi connectivity index (χ1n) is 19.8. The van der Waals surface area contributed by atoms with Crippen LogP contribution in [0.1, 0.15) is 52.9 Å². The molecule has 0 saturated carbocycles. The van der Waals surface area contributed by atoms with Gasteiger partial charge in [-0.1, -0.05) is 91.0 Å². The summed E-state index contributed by atoms with van der Waals surface area (Å²) in [5, 5.41) is 10.3. The number of amides is 4. The molecule has 10 N–H and O–H groups in total. The minimum absolute atomic E-state index is 0.0947. The van der Waals surface area contributed by atoms with Crippen LogP contribution in [0.5, 0.6) is 0 Å². The number of nitrogens with two attached hydrogens (primary N) is 3. The zero-order valence-corrected chi connectivity index (χ0v) is 33.2. The average molecular weight is 814 g/mol. The van der Waals surface area contributed by atoms with Crippen molar-refractivity contribution in [2.45, 2.75) is 57.0 Å². The number of fused-ring (bicyclic) bond motifs is 1. The molecular formula is C45H51N9O6. The SMILES string of the molecule is NC(=O)[C@H](Cc1ccc2ccccc2c1)NC(=O)[C@H](CCCN=C(N)N)CC(=O)[C@@H](Cc1ccccc1)NC(=O)[C@@H](CC(=O)CNC(=O)c1ccccc1)Cc1cnc[nH]1. The van der Waals surface area contributed by atoms with Gasteiger partial charge in [0.2, 0.25) is 17.7 Å². The molecule has 0 unspecified atom stereocenters. The molecule has 1 heterocycles. The van der Waals surface area contributed by atoms with E-state index in [0.717, 1.165) is 21.9 Å². The fraction of sp³-hybridized carbons (Fsp3) is 0.289. The van der Waals surface area contributed by atoms with Gasteiger partial charge in [0.25, 0.3) is 5.91 Å². The quantitative estimate of drug-likeness (QED) is 0.0290. The molecular weight excluding hydrogens is 763 g/mol. The van der Waals surface area contributed by atoms with E-state index >= 15 is 0 Å². The number of carbonyl (C=O) groups is 6. The Morgan fingerprint density at radius 3 is 2.02 bits per heavy atom. The number of nitrogens with zero attached hydrogens (tertiary/aromatic N) is 2. The lowest BCUT2D eigenvalue weighted by molar-refractivity contribution is -0.134. The van der Waals surface area contributed by atoms with Gasteiger partial charge >= 0.3 is 0 Å². The number of benzene rings is 4. The maximum atomic E-state index is 14.4. The number of Topliss-reactive ketones (excluding diaryl/α,β-unsaturated/α-hetero) is 2. The van der Waals surface area contributed by atoms with E-state index in [-0.39, 0.29) is 57.6 Å². The predicted molar refractivity (Wildman–Crippen MR) is 228 cm³/mol. The lowest BCUT2D eigenvalue weighted by Crippen LogP contribution is -2.50. The molecule has 0 saturated heterocycles. The van der Waals surface area contributed by atoms with Gasteiger partial charge in [-0.25, -0.2) is 4.98 Å². The number of aliphatic imine (C=N–C) groups is 1. The summed E-state index contributed by atoms with van der Waals surface area (Å²) in [4.78, 5) is 92.1. The molecule has 0 radical (unpaired) electrons. The van der Waals surface area contributed by atoms with E-state index in [2.05, 4.69) is 30.9 Å². The first-order chi connectivity index (χ1) is 28.9. The van der Waals surface area contributed by atoms with Crippen molar-refractivity contribution < 1.29 is 28.8 Å². The third-order valence-corrected chi connectivity index (χ3v) is 10.1. The Kier molecular flexibility index (Phi) is 16.2. The van der Waals surface area contributed by atoms with Crippen molar-refractivity contribution >= 4 is 51.9 Å². The van der Waals surface area contributed by atoms with Crippen molar-refractivity contribution in [2.24, 2.45) is 34.0 Å². The van der Waals surface area contributed by atoms with Gasteiger partial charge in [0.15, 0.2) is 17.5 Å². The molecule has 312 valence electrons. The second-order valence-electron chi connectivity index (χ2n) is 14.7. The fourth-order valence-corrected chi connectivity index (χ4v) is 6.89. The molecule has 4 atom stereocenters. The number of imidazole rings is 1. The first kappa shape index (κ1) is 44.0. The van der Waals surface area contributed by atoms with Crippen molar-refractivity contribution in [3.05, 3.63) is 138 Å². The van der Waals surface area contributed by atoms with Gasteiger partial charge in [-0.2, -0.15) is 0 Å². The van der Waals surface area contributed by atoms with Crippen molar-refractivity contribution in [3.8, 4) is 0 Å². The molecule has 60 heavy (non-hydrogen) atoms. The summed E-state index contributed by atoms with van der Waals surface area (Å²) in [5.41, 5.74) is 19.4. The van der Waals surface area contributed by atoms with Gasteiger partial charge in [0, 0.05) is 55.6 Å². The van der Waals surface area contributed by atoms with Crippen molar-refractivity contribution in [1.29, 1.82) is 0 Å². The third kappa shape index (κ3) is 13.7. The van der Waals surface area contributed by atoms with Crippen LogP contribution in [-0.4, -0.2) is 76.3 Å². The molecule has 0 aliphatic carbocycles. The zero-order chi connectivity index (χ0) is 42.9. The van der Waals surface area contributed by atoms with Crippen LogP contribution >= 0.6 is 0 Å². The monoisotopic (exact) mass is 813 g/mol. The van der Waals surface area contributed by atoms with E-state index in [1.54, 1.807) is 36.5 Å². The molecule has 15 heteroatoms. The number of aromatic nitrogens is 2. The number of H-pyrrole nitrogens is 1. The minimum atomic E-state index is -1.10. The van der Waals surface area contributed by atoms with E-state index in [0.29, 0.717) is 17.7 Å². The number of hydrogen-bond acceptors (Lipinski definition) is 8. The van der Waals surface area contributed by atoms with E-state index < -0.39 is 59.1 Å². The van der Waals surface area contributed by atoms with Gasteiger partial charge in [0.1, 0.15) is 6.04 Å². The summed E-state index contributed by atoms with van der Waals surface area (Å²) in [6.07, 6.45) is 3.27. The lowest BCUT2D eigenvalue weighted by atomic mass is 9.89. The van der Waals surface area contributed by atoms with E-state index in [9.17, 15) is 28.8 Å². The Morgan fingerprint density at radius 1 is 0.683 bits per heavy atom. The van der Waals surface area contributed by atoms with Crippen molar-refractivity contribution in [1.82, 2.24) is 25.9 Å². The van der Waals surface area contributed by atoms with E-state index in [1.165, 1.54) is 6.33 Å². The Balaban J connectivity index is 1.33. The number of hydrogen-bond donors (Lipinski definition) is 7. The van der Waals surface area contributed by atoms with E-state index in [4.69, 9.17) is 17.2 Å². The third-order valence-electron chi connectivity index (χ3n) is 10.1. The second-order valence-corrected chi connectivity index (χ2v) is 14.7. The lowest BCUT2D eigenvalue weighted by Gasteiger charge is -2.25. The maximum Gasteiger partial charge on any atom is 0.251 e. The highest BCUT2D eigenvalue weighted by Gasteiger charge is 2.32. The number of carbonyl (C=O) groups excluding carboxylic acids is 6. The second kappa shape index (κ2) is 22.1. The Bertz CT molecular complexity index is 2260. The number of ketones is 2. The molecule has 5 aromatic rings. The Labute approximate surface area is 348 Å². The molecule has 0 aliphatic heterocycles. The van der Waals surface area contributed by atoms with Gasteiger partial charge in [0.05, 0.1) is 24.8 Å². The summed E-state index contributed by atoms with van der Waals surface area (Å²) in [5.74, 6) is -5.16. The summed E-state index contributed by atoms with van der Waals surface area (Å²) in [6, 6.07) is 28.8. The Morgan fingerprint density at radius 2 is 1.33 bits per heavy atom. The van der Waals surface area contributed by atoms with Crippen LogP contribution in [0.3, 0.4) is 0 Å². The number of primary amides is 1. The summed E-state index contributed by atoms with van der Waals surface area (Å²) in [6.45, 7) is -0.118. The average Bonchev–Trinajstić information content (AvgIpc) is 3.76. The highest BCUT2D eigenvalue weighted by atomic mass is 16.2. The molecule has 1 aromatic heterocycles. The molecule has 15 nitrogen and oxygen atoms in total. The van der Waals surface area contributed by atoms with Crippen LogP contribution in [0.4, 0.5) is 0 Å². The fourth-order valence-electron chi connectivity index (χ4n) is 6.89. The van der Waals surface area contributed by atoms with Gasteiger partial charge in [-0.15, -0.1) is 0 Å². The van der Waals surface area contributed by atoms with Crippen LogP contribution in [0.25, 0.3) is 10.8 Å². The molecule has 4 amide bonds. The predicted octanol–water partition coefficient (Wildman–Crippen LogP) is 2.68. The molecule has 0 fully saturated rings. The number of guanidine groups is 1. The highest BCUT2D eigenvalue weighted by Crippen LogP contribution is 2.20. The maximum absolute atomic E-state index is 14.4. The molecule has 0 aliphatic rings. The minimum Gasteiger partial charge on any atom is -0.370 e. The van der Waals surface area contributed by atoms with Crippen LogP contribution < -0.4 is 33.2 Å². The molecule has 5 rings (SSSR count). The highest BCUT2D eigenvalue weighted by molar-refractivity contribution is 5.98. The van der Waals surface area contributed by atoms with Crippen LogP contribution in [0.15, 0.2) is 121 Å². The summed E-state index contributed by atoms with van der Waals surface area (Å²) >= 11 is 0. The van der Waals surface area contributed by atoms with Gasteiger partial charge in [-0.3, -0.25) is 33.8 Å². The van der Waals surface area contributed by atoms with E-state index in [1.807, 2.05) is 72.8 Å². The van der Waals surface area contributed by atoms with Crippen LogP contribution in [-0.2, 0) is 43.2 Å². The topological polar surface area (TPSA) is 258 Å². The number of rotatable bonds is 23. The number of aromatic amines is 1. The van der Waals surface area contributed by atoms with Crippen LogP contribution in [0.2, 0.25) is 0 Å². The first-order valence-corrected chi connectivity index (χ1v) is 19.8. The normalized spacial score (nSPS) is 12.9. The number of nitrogens with one attached hydrogen (secondary N) is 4. The Hall–Kier alpha value is -7.16. The zero-order valence-electron chi connectivity index (χ0n) is 33.2. The smallest absolute Gasteiger partial charge is 0.251 e.